The van der Waals surface area contributed by atoms with Crippen molar-refractivity contribution in [1.82, 2.24) is 0 Å². The highest BCUT2D eigenvalue weighted by Gasteiger charge is 2.18. The highest BCUT2D eigenvalue weighted by Crippen LogP contribution is 2.76. The molecule has 5 heteroatoms. The van der Waals surface area contributed by atoms with Gasteiger partial charge in [0.1, 0.15) is 3.64 Å². The number of thiol groups is 1. The van der Waals surface area contributed by atoms with Gasteiger partial charge in [-0.2, -0.15) is 0 Å². The Morgan fingerprint density at radius 2 is 1.86 bits per heavy atom. The van der Waals surface area contributed by atoms with Crippen molar-refractivity contribution in [1.29, 1.82) is 0 Å². The molecule has 1 aliphatic rings. The SMILES string of the molecule is S=P1(S)SCCS1. The van der Waals surface area contributed by atoms with E-state index in [4.69, 9.17) is 11.8 Å². The summed E-state index contributed by atoms with van der Waals surface area (Å²) in [5.41, 5.74) is 0. The molecule has 0 bridgehead atoms. The third-order valence-corrected chi connectivity index (χ3v) is 11.2. The maximum absolute atomic E-state index is 5.11. The van der Waals surface area contributed by atoms with Crippen LogP contribution in [0.5, 0.6) is 0 Å². The summed E-state index contributed by atoms with van der Waals surface area (Å²) in [6.07, 6.45) is 0. The van der Waals surface area contributed by atoms with Crippen molar-refractivity contribution < 1.29 is 0 Å². The minimum absolute atomic E-state index is 1.18. The van der Waals surface area contributed by atoms with Crippen LogP contribution < -0.4 is 0 Å². The second-order valence-electron chi connectivity index (χ2n) is 1.14. The molecule has 0 saturated carbocycles. The molecule has 0 spiro atoms. The molecule has 0 radical (unpaired) electrons. The first-order chi connectivity index (χ1) is 3.21. The van der Waals surface area contributed by atoms with Gasteiger partial charge < -0.3 is 0 Å². The highest BCUT2D eigenvalue weighted by atomic mass is 33.5. The van der Waals surface area contributed by atoms with E-state index in [1.807, 2.05) is 22.8 Å². The van der Waals surface area contributed by atoms with Crippen LogP contribution >= 0.6 is 38.7 Å². The van der Waals surface area contributed by atoms with Crippen LogP contribution in [0.2, 0.25) is 0 Å². The predicted octanol–water partition coefficient (Wildman–Crippen LogP) is 2.62. The van der Waals surface area contributed by atoms with E-state index in [1.54, 1.807) is 0 Å². The Balaban J connectivity index is 2.57. The fraction of sp³-hybridized carbons (Fsp3) is 1.00. The molecule has 1 fully saturated rings. The van der Waals surface area contributed by atoms with E-state index in [2.05, 4.69) is 12.2 Å². The summed E-state index contributed by atoms with van der Waals surface area (Å²) < 4.78 is -1.18. The van der Waals surface area contributed by atoms with Crippen molar-refractivity contribution >= 4 is 50.5 Å². The van der Waals surface area contributed by atoms with Crippen molar-refractivity contribution in [3.63, 3.8) is 0 Å². The first kappa shape index (κ1) is 6.81. The molecule has 0 unspecified atom stereocenters. The lowest BCUT2D eigenvalue weighted by molar-refractivity contribution is 1.59. The molecular formula is C2H5PS4. The van der Waals surface area contributed by atoms with Gasteiger partial charge in [-0.25, -0.2) is 0 Å². The van der Waals surface area contributed by atoms with E-state index in [-0.39, 0.29) is 0 Å². The van der Waals surface area contributed by atoms with Gasteiger partial charge >= 0.3 is 0 Å². The van der Waals surface area contributed by atoms with E-state index in [1.165, 1.54) is 11.5 Å². The third-order valence-electron chi connectivity index (χ3n) is 0.592. The van der Waals surface area contributed by atoms with Crippen LogP contribution in [0.4, 0.5) is 0 Å². The van der Waals surface area contributed by atoms with Gasteiger partial charge in [0, 0.05) is 11.5 Å². The monoisotopic (exact) mass is 188 g/mol. The number of rotatable bonds is 0. The summed E-state index contributed by atoms with van der Waals surface area (Å²) in [6.45, 7) is 0. The molecule has 42 valence electrons. The van der Waals surface area contributed by atoms with E-state index >= 15 is 0 Å². The quantitative estimate of drug-likeness (QED) is 0.459. The summed E-state index contributed by atoms with van der Waals surface area (Å²) in [5, 5.41) is 0. The van der Waals surface area contributed by atoms with Gasteiger partial charge in [0.25, 0.3) is 0 Å². The Bertz CT molecular complexity index is 100. The van der Waals surface area contributed by atoms with Crippen molar-refractivity contribution in [3.05, 3.63) is 0 Å². The fourth-order valence-electron chi connectivity index (χ4n) is 0.343. The van der Waals surface area contributed by atoms with Crippen LogP contribution in [0.15, 0.2) is 0 Å². The summed E-state index contributed by atoms with van der Waals surface area (Å²) in [7, 11) is 0. The summed E-state index contributed by atoms with van der Waals surface area (Å²) in [6, 6.07) is 0. The van der Waals surface area contributed by atoms with E-state index in [0.29, 0.717) is 0 Å². The Labute approximate surface area is 61.9 Å². The molecule has 0 aromatic carbocycles. The van der Waals surface area contributed by atoms with Crippen LogP contribution in [0.25, 0.3) is 0 Å². The van der Waals surface area contributed by atoms with Crippen molar-refractivity contribution in [3.8, 4) is 0 Å². The van der Waals surface area contributed by atoms with Gasteiger partial charge in [-0.15, -0.1) is 35.0 Å². The van der Waals surface area contributed by atoms with Gasteiger partial charge in [-0.1, -0.05) is 11.8 Å². The molecule has 0 aromatic heterocycles. The zero-order valence-electron chi connectivity index (χ0n) is 3.53. The fourth-order valence-corrected chi connectivity index (χ4v) is 9.25. The molecule has 7 heavy (non-hydrogen) atoms. The topological polar surface area (TPSA) is 0 Å². The summed E-state index contributed by atoms with van der Waals surface area (Å²) in [4.78, 5) is 0. The van der Waals surface area contributed by atoms with Crippen LogP contribution in [-0.4, -0.2) is 11.5 Å². The maximum atomic E-state index is 5.11. The standard InChI is InChI=1S/C2H5PS4/c4-3(5)6-1-2-7-3/h1-2H2,(H,4,5). The summed E-state index contributed by atoms with van der Waals surface area (Å²) >= 11 is 13.1. The van der Waals surface area contributed by atoms with Gasteiger partial charge in [0.05, 0.1) is 0 Å². The van der Waals surface area contributed by atoms with E-state index in [0.717, 1.165) is 0 Å². The van der Waals surface area contributed by atoms with Crippen LogP contribution in [0.1, 0.15) is 0 Å². The molecule has 0 aliphatic carbocycles. The molecule has 0 aromatic rings. The number of hydrogen-bond acceptors (Lipinski definition) is 3. The molecule has 0 nitrogen and oxygen atoms in total. The van der Waals surface area contributed by atoms with Crippen molar-refractivity contribution in [2.45, 2.75) is 0 Å². The molecular weight excluding hydrogens is 183 g/mol. The first-order valence-electron chi connectivity index (χ1n) is 1.83. The van der Waals surface area contributed by atoms with Crippen LogP contribution in [-0.2, 0) is 11.8 Å². The average Bonchev–Trinajstić information content (AvgIpc) is 1.84. The van der Waals surface area contributed by atoms with Crippen molar-refractivity contribution in [2.75, 3.05) is 11.5 Å². The Morgan fingerprint density at radius 1 is 1.43 bits per heavy atom. The third kappa shape index (κ3) is 2.19. The molecule has 0 N–H and O–H groups in total. The molecule has 1 rings (SSSR count). The van der Waals surface area contributed by atoms with E-state index in [9.17, 15) is 0 Å². The highest BCUT2D eigenvalue weighted by molar-refractivity contribution is 9.21. The predicted molar refractivity (Wildman–Crippen MR) is 48.2 cm³/mol. The Morgan fingerprint density at radius 3 is 2.00 bits per heavy atom. The lowest BCUT2D eigenvalue weighted by Crippen LogP contribution is -1.64. The van der Waals surface area contributed by atoms with Gasteiger partial charge in [0.2, 0.25) is 0 Å². The smallest absolute Gasteiger partial charge is 0.106 e. The van der Waals surface area contributed by atoms with Crippen molar-refractivity contribution in [2.24, 2.45) is 0 Å². The normalized spacial score (nSPS) is 28.1. The first-order valence-corrected chi connectivity index (χ1v) is 8.96. The largest absolute Gasteiger partial charge is 0.122 e. The summed E-state index contributed by atoms with van der Waals surface area (Å²) in [5.74, 6) is 2.43. The molecule has 1 heterocycles. The van der Waals surface area contributed by atoms with Crippen LogP contribution in [0, 0.1) is 0 Å². The van der Waals surface area contributed by atoms with Gasteiger partial charge in [0.15, 0.2) is 0 Å². The lowest BCUT2D eigenvalue weighted by Gasteiger charge is -1.98. The minimum atomic E-state index is -1.18. The number of hydrogen-bond donors (Lipinski definition) is 1. The zero-order valence-corrected chi connectivity index (χ0v) is 7.77. The maximum Gasteiger partial charge on any atom is 0.106 e. The van der Waals surface area contributed by atoms with Gasteiger partial charge in [-0.05, 0) is 0 Å². The Hall–Kier alpha value is 1.70. The molecule has 0 atom stereocenters. The molecule has 1 saturated heterocycles. The lowest BCUT2D eigenvalue weighted by atomic mass is 11.0. The Kier molecular flexibility index (Phi) is 2.46. The molecule has 0 amide bonds. The second kappa shape index (κ2) is 2.53. The zero-order chi connectivity index (χ0) is 5.33. The van der Waals surface area contributed by atoms with Crippen LogP contribution in [0.3, 0.4) is 0 Å². The molecule has 1 aliphatic heterocycles. The van der Waals surface area contributed by atoms with Gasteiger partial charge in [-0.3, -0.25) is 0 Å². The second-order valence-corrected chi connectivity index (χ2v) is 16.2. The average molecular weight is 188 g/mol. The van der Waals surface area contributed by atoms with E-state index < -0.39 is 3.64 Å². The minimum Gasteiger partial charge on any atom is -0.122 e.